The third-order valence-electron chi connectivity index (χ3n) is 3.11. The largest absolute Gasteiger partial charge is 0.379 e. The van der Waals surface area contributed by atoms with Crippen LogP contribution in [0.25, 0.3) is 0 Å². The second-order valence-electron chi connectivity index (χ2n) is 4.18. The first-order valence-corrected chi connectivity index (χ1v) is 6.54. The quantitative estimate of drug-likeness (QED) is 0.799. The minimum atomic E-state index is 0.495. The second-order valence-corrected chi connectivity index (χ2v) is 5.12. The van der Waals surface area contributed by atoms with E-state index in [2.05, 4.69) is 22.5 Å². The van der Waals surface area contributed by atoms with Crippen molar-refractivity contribution in [1.29, 1.82) is 0 Å². The molecular formula is C11H19N3OS. The predicted molar refractivity (Wildman–Crippen MR) is 65.7 cm³/mol. The highest BCUT2D eigenvalue weighted by molar-refractivity contribution is 7.09. The van der Waals surface area contributed by atoms with Crippen LogP contribution in [0.15, 0.2) is 5.51 Å². The first-order valence-electron chi connectivity index (χ1n) is 5.66. The Morgan fingerprint density at radius 2 is 2.44 bits per heavy atom. The molecule has 0 spiro atoms. The summed E-state index contributed by atoms with van der Waals surface area (Å²) in [5.74, 6) is 0.582. The average molecular weight is 241 g/mol. The van der Waals surface area contributed by atoms with Crippen LogP contribution < -0.4 is 10.6 Å². The second kappa shape index (κ2) is 5.72. The summed E-state index contributed by atoms with van der Waals surface area (Å²) in [6.07, 6.45) is 0. The van der Waals surface area contributed by atoms with Gasteiger partial charge in [0.15, 0.2) is 0 Å². The summed E-state index contributed by atoms with van der Waals surface area (Å²) in [5, 5.41) is 6.78. The van der Waals surface area contributed by atoms with E-state index in [9.17, 15) is 0 Å². The zero-order valence-corrected chi connectivity index (χ0v) is 10.6. The lowest BCUT2D eigenvalue weighted by Gasteiger charge is -2.16. The van der Waals surface area contributed by atoms with Crippen molar-refractivity contribution >= 4 is 11.3 Å². The standard InChI is InChI=1S/C11H19N3OS/c1-8-11(16-7-14-8)4-13-3-9-5-15-6-10(9)12-2/h7,9-10,12-13H,3-6H2,1-2H3. The van der Waals surface area contributed by atoms with Crippen LogP contribution in [0, 0.1) is 12.8 Å². The molecule has 1 aromatic heterocycles. The molecule has 1 aliphatic rings. The lowest BCUT2D eigenvalue weighted by molar-refractivity contribution is 0.182. The molecule has 90 valence electrons. The first kappa shape index (κ1) is 12.0. The normalized spacial score (nSPS) is 25.1. The highest BCUT2D eigenvalue weighted by Crippen LogP contribution is 2.14. The molecule has 4 nitrogen and oxygen atoms in total. The van der Waals surface area contributed by atoms with Crippen molar-refractivity contribution < 1.29 is 4.74 Å². The maximum Gasteiger partial charge on any atom is 0.0798 e. The summed E-state index contributed by atoms with van der Waals surface area (Å²) < 4.78 is 5.46. The lowest BCUT2D eigenvalue weighted by Crippen LogP contribution is -2.38. The third-order valence-corrected chi connectivity index (χ3v) is 4.04. The molecule has 0 radical (unpaired) electrons. The van der Waals surface area contributed by atoms with Crippen LogP contribution in [0.2, 0.25) is 0 Å². The Bertz CT molecular complexity index is 329. The first-order chi connectivity index (χ1) is 7.81. The smallest absolute Gasteiger partial charge is 0.0798 e. The van der Waals surface area contributed by atoms with Crippen LogP contribution in [0.4, 0.5) is 0 Å². The molecule has 2 rings (SSSR count). The summed E-state index contributed by atoms with van der Waals surface area (Å²) >= 11 is 1.72. The van der Waals surface area contributed by atoms with Gasteiger partial charge in [-0.3, -0.25) is 0 Å². The van der Waals surface area contributed by atoms with Crippen LogP contribution in [-0.2, 0) is 11.3 Å². The van der Waals surface area contributed by atoms with Gasteiger partial charge in [0.05, 0.1) is 24.4 Å². The van der Waals surface area contributed by atoms with Crippen molar-refractivity contribution in [3.8, 4) is 0 Å². The fourth-order valence-corrected chi connectivity index (χ4v) is 2.73. The molecule has 1 fully saturated rings. The molecule has 0 saturated carbocycles. The van der Waals surface area contributed by atoms with Crippen LogP contribution in [0.5, 0.6) is 0 Å². The molecule has 5 heteroatoms. The topological polar surface area (TPSA) is 46.2 Å². The SMILES string of the molecule is CNC1COCC1CNCc1scnc1C. The molecule has 0 aromatic carbocycles. The Morgan fingerprint density at radius 1 is 1.56 bits per heavy atom. The number of likely N-dealkylation sites (N-methyl/N-ethyl adjacent to an activating group) is 1. The number of hydrogen-bond donors (Lipinski definition) is 2. The van der Waals surface area contributed by atoms with Gasteiger partial charge in [-0.2, -0.15) is 0 Å². The molecule has 0 bridgehead atoms. The zero-order valence-electron chi connectivity index (χ0n) is 9.82. The molecular weight excluding hydrogens is 222 g/mol. The number of aromatic nitrogens is 1. The molecule has 2 heterocycles. The number of ether oxygens (including phenoxy) is 1. The van der Waals surface area contributed by atoms with E-state index >= 15 is 0 Å². The molecule has 1 saturated heterocycles. The predicted octanol–water partition coefficient (Wildman–Crippen LogP) is 0.776. The van der Waals surface area contributed by atoms with E-state index in [1.165, 1.54) is 4.88 Å². The van der Waals surface area contributed by atoms with Gasteiger partial charge in [-0.25, -0.2) is 4.98 Å². The summed E-state index contributed by atoms with van der Waals surface area (Å²) in [6.45, 7) is 5.68. The van der Waals surface area contributed by atoms with E-state index in [0.717, 1.165) is 32.0 Å². The van der Waals surface area contributed by atoms with Gasteiger partial charge in [0.25, 0.3) is 0 Å². The summed E-state index contributed by atoms with van der Waals surface area (Å²) in [4.78, 5) is 5.57. The van der Waals surface area contributed by atoms with Gasteiger partial charge in [-0.1, -0.05) is 0 Å². The van der Waals surface area contributed by atoms with Gasteiger partial charge in [0, 0.05) is 29.9 Å². The van der Waals surface area contributed by atoms with E-state index in [1.54, 1.807) is 11.3 Å². The van der Waals surface area contributed by atoms with Crippen LogP contribution in [0.1, 0.15) is 10.6 Å². The van der Waals surface area contributed by atoms with Gasteiger partial charge >= 0.3 is 0 Å². The fourth-order valence-electron chi connectivity index (χ4n) is 1.99. The molecule has 16 heavy (non-hydrogen) atoms. The van der Waals surface area contributed by atoms with E-state index in [0.29, 0.717) is 12.0 Å². The van der Waals surface area contributed by atoms with E-state index in [-0.39, 0.29) is 0 Å². The zero-order chi connectivity index (χ0) is 11.4. The fraction of sp³-hybridized carbons (Fsp3) is 0.727. The number of nitrogens with zero attached hydrogens (tertiary/aromatic N) is 1. The third kappa shape index (κ3) is 2.79. The molecule has 0 amide bonds. The van der Waals surface area contributed by atoms with Crippen molar-refractivity contribution in [1.82, 2.24) is 15.6 Å². The van der Waals surface area contributed by atoms with Crippen LogP contribution >= 0.6 is 11.3 Å². The van der Waals surface area contributed by atoms with Gasteiger partial charge in [-0.05, 0) is 14.0 Å². The van der Waals surface area contributed by atoms with E-state index < -0.39 is 0 Å². The van der Waals surface area contributed by atoms with Crippen molar-refractivity contribution in [2.45, 2.75) is 19.5 Å². The van der Waals surface area contributed by atoms with Crippen molar-refractivity contribution in [2.75, 3.05) is 26.8 Å². The summed E-state index contributed by atoms with van der Waals surface area (Å²) in [6, 6.07) is 0.495. The van der Waals surface area contributed by atoms with Crippen molar-refractivity contribution in [3.63, 3.8) is 0 Å². The number of aryl methyl sites for hydroxylation is 1. The maximum absolute atomic E-state index is 5.46. The Kier molecular flexibility index (Phi) is 4.29. The Labute approximate surface area is 100 Å². The average Bonchev–Trinajstić information content (AvgIpc) is 2.88. The van der Waals surface area contributed by atoms with Gasteiger partial charge in [0.2, 0.25) is 0 Å². The Balaban J connectivity index is 1.74. The van der Waals surface area contributed by atoms with Gasteiger partial charge < -0.3 is 15.4 Å². The minimum absolute atomic E-state index is 0.495. The van der Waals surface area contributed by atoms with Crippen LogP contribution in [-0.4, -0.2) is 37.8 Å². The van der Waals surface area contributed by atoms with E-state index in [4.69, 9.17) is 4.74 Å². The molecule has 1 aromatic rings. The van der Waals surface area contributed by atoms with Gasteiger partial charge in [-0.15, -0.1) is 11.3 Å². The van der Waals surface area contributed by atoms with Gasteiger partial charge in [0.1, 0.15) is 0 Å². The number of thiazole rings is 1. The highest BCUT2D eigenvalue weighted by Gasteiger charge is 2.26. The highest BCUT2D eigenvalue weighted by atomic mass is 32.1. The van der Waals surface area contributed by atoms with Crippen molar-refractivity contribution in [2.24, 2.45) is 5.92 Å². The summed E-state index contributed by atoms with van der Waals surface area (Å²) in [7, 11) is 2.00. The number of rotatable bonds is 5. The minimum Gasteiger partial charge on any atom is -0.379 e. The summed E-state index contributed by atoms with van der Waals surface area (Å²) in [5.41, 5.74) is 3.05. The molecule has 1 aliphatic heterocycles. The molecule has 2 unspecified atom stereocenters. The number of nitrogens with one attached hydrogen (secondary N) is 2. The lowest BCUT2D eigenvalue weighted by atomic mass is 10.0. The Morgan fingerprint density at radius 3 is 3.12 bits per heavy atom. The molecule has 2 atom stereocenters. The van der Waals surface area contributed by atoms with E-state index in [1.807, 2.05) is 12.6 Å². The Hall–Kier alpha value is -0.490. The van der Waals surface area contributed by atoms with Crippen molar-refractivity contribution in [3.05, 3.63) is 16.1 Å². The molecule has 2 N–H and O–H groups in total. The monoisotopic (exact) mass is 241 g/mol. The van der Waals surface area contributed by atoms with Crippen LogP contribution in [0.3, 0.4) is 0 Å². The maximum atomic E-state index is 5.46. The molecule has 0 aliphatic carbocycles. The number of hydrogen-bond acceptors (Lipinski definition) is 5.